The summed E-state index contributed by atoms with van der Waals surface area (Å²) in [4.78, 5) is 34.8. The highest BCUT2D eigenvalue weighted by molar-refractivity contribution is 6.40. The summed E-state index contributed by atoms with van der Waals surface area (Å²) in [6.07, 6.45) is 0.814. The van der Waals surface area contributed by atoms with E-state index in [4.69, 9.17) is 5.11 Å². The first-order valence-corrected chi connectivity index (χ1v) is 6.72. The molecule has 1 aromatic rings. The monoisotopic (exact) mass is 292 g/mol. The number of anilines is 1. The maximum Gasteiger partial charge on any atom is 0.329 e. The summed E-state index contributed by atoms with van der Waals surface area (Å²) >= 11 is 0. The molecule has 1 unspecified atom stereocenters. The Bertz CT molecular complexity index is 539. The van der Waals surface area contributed by atoms with E-state index in [0.717, 1.165) is 5.56 Å². The van der Waals surface area contributed by atoms with Crippen molar-refractivity contribution in [3.8, 4) is 0 Å². The van der Waals surface area contributed by atoms with Crippen LogP contribution in [-0.4, -0.2) is 28.4 Å². The Morgan fingerprint density at radius 1 is 1.14 bits per heavy atom. The quantitative estimate of drug-likeness (QED) is 0.720. The zero-order valence-corrected chi connectivity index (χ0v) is 12.4. The van der Waals surface area contributed by atoms with Crippen LogP contribution in [0.25, 0.3) is 0 Å². The number of carboxylic acids is 1. The zero-order valence-electron chi connectivity index (χ0n) is 12.4. The van der Waals surface area contributed by atoms with Gasteiger partial charge in [0, 0.05) is 5.69 Å². The number of aliphatic carboxylic acids is 1. The lowest BCUT2D eigenvalue weighted by Gasteiger charge is -2.25. The molecule has 21 heavy (non-hydrogen) atoms. The lowest BCUT2D eigenvalue weighted by molar-refractivity contribution is -0.148. The van der Waals surface area contributed by atoms with Gasteiger partial charge in [0.05, 0.1) is 0 Å². The molecule has 6 nitrogen and oxygen atoms in total. The smallest absolute Gasteiger partial charge is 0.329 e. The summed E-state index contributed by atoms with van der Waals surface area (Å²) in [5.74, 6) is -3.02. The molecule has 114 valence electrons. The van der Waals surface area contributed by atoms with Gasteiger partial charge in [0.15, 0.2) is 0 Å². The van der Waals surface area contributed by atoms with Crippen LogP contribution in [0.3, 0.4) is 0 Å². The Kier molecular flexibility index (Phi) is 5.46. The van der Waals surface area contributed by atoms with Crippen molar-refractivity contribution in [2.45, 2.75) is 39.2 Å². The number of hydrogen-bond donors (Lipinski definition) is 3. The van der Waals surface area contributed by atoms with Crippen LogP contribution in [0.4, 0.5) is 5.69 Å². The number of rotatable bonds is 5. The molecule has 0 aliphatic heterocycles. The molecule has 0 aromatic heterocycles. The Balaban J connectivity index is 2.72. The average Bonchev–Trinajstić information content (AvgIpc) is 2.41. The van der Waals surface area contributed by atoms with Crippen LogP contribution in [0, 0.1) is 6.92 Å². The van der Waals surface area contributed by atoms with Gasteiger partial charge in [-0.05, 0) is 32.4 Å². The molecule has 2 amide bonds. The summed E-state index contributed by atoms with van der Waals surface area (Å²) in [6.45, 7) is 5.09. The van der Waals surface area contributed by atoms with Crippen molar-refractivity contribution < 1.29 is 19.5 Å². The predicted octanol–water partition coefficient (Wildman–Crippen LogP) is 1.69. The van der Waals surface area contributed by atoms with Gasteiger partial charge in [-0.25, -0.2) is 4.79 Å². The first kappa shape index (κ1) is 16.7. The molecule has 6 heteroatoms. The molecule has 1 aromatic carbocycles. The van der Waals surface area contributed by atoms with Crippen molar-refractivity contribution in [1.82, 2.24) is 5.32 Å². The van der Waals surface area contributed by atoms with Gasteiger partial charge < -0.3 is 15.7 Å². The van der Waals surface area contributed by atoms with Gasteiger partial charge in [-0.15, -0.1) is 0 Å². The van der Waals surface area contributed by atoms with Crippen LogP contribution < -0.4 is 10.6 Å². The maximum atomic E-state index is 11.8. The van der Waals surface area contributed by atoms with Crippen molar-refractivity contribution in [3.63, 3.8) is 0 Å². The number of nitrogens with one attached hydrogen (secondary N) is 2. The highest BCUT2D eigenvalue weighted by Crippen LogP contribution is 2.13. The summed E-state index contributed by atoms with van der Waals surface area (Å²) < 4.78 is 0. The number of amides is 2. The zero-order chi connectivity index (χ0) is 16.0. The molecule has 0 bridgehead atoms. The molecular formula is C15H20N2O4. The van der Waals surface area contributed by atoms with Crippen molar-refractivity contribution in [3.05, 3.63) is 29.8 Å². The Morgan fingerprint density at radius 2 is 1.71 bits per heavy atom. The second-order valence-electron chi connectivity index (χ2n) is 5.16. The molecule has 0 radical (unpaired) electrons. The van der Waals surface area contributed by atoms with E-state index in [0.29, 0.717) is 12.1 Å². The van der Waals surface area contributed by atoms with Gasteiger partial charge >= 0.3 is 17.8 Å². The Labute approximate surface area is 123 Å². The summed E-state index contributed by atoms with van der Waals surface area (Å²) in [5, 5.41) is 13.9. The fraction of sp³-hybridized carbons (Fsp3) is 0.400. The molecule has 1 rings (SSSR count). The molecule has 0 fully saturated rings. The van der Waals surface area contributed by atoms with Gasteiger partial charge in [-0.2, -0.15) is 0 Å². The van der Waals surface area contributed by atoms with Gasteiger partial charge in [0.25, 0.3) is 0 Å². The van der Waals surface area contributed by atoms with Crippen LogP contribution in [0.5, 0.6) is 0 Å². The minimum atomic E-state index is -1.45. The minimum absolute atomic E-state index is 0.242. The average molecular weight is 292 g/mol. The normalized spacial score (nSPS) is 13.1. The van der Waals surface area contributed by atoms with Crippen LogP contribution >= 0.6 is 0 Å². The largest absolute Gasteiger partial charge is 0.480 e. The van der Waals surface area contributed by atoms with Crippen LogP contribution in [-0.2, 0) is 14.4 Å². The first-order valence-electron chi connectivity index (χ1n) is 6.72. The van der Waals surface area contributed by atoms with Gasteiger partial charge in [-0.1, -0.05) is 31.0 Å². The molecule has 0 heterocycles. The van der Waals surface area contributed by atoms with Crippen LogP contribution in [0.2, 0.25) is 0 Å². The summed E-state index contributed by atoms with van der Waals surface area (Å²) in [7, 11) is 0. The SMILES string of the molecule is CCCC(C)(NC(=O)C(=O)Nc1ccc(C)cc1)C(=O)O. The minimum Gasteiger partial charge on any atom is -0.480 e. The van der Waals surface area contributed by atoms with Crippen molar-refractivity contribution >= 4 is 23.5 Å². The number of carbonyl (C=O) groups is 3. The van der Waals surface area contributed by atoms with E-state index in [9.17, 15) is 14.4 Å². The Morgan fingerprint density at radius 3 is 2.19 bits per heavy atom. The van der Waals surface area contributed by atoms with Gasteiger partial charge in [0.1, 0.15) is 5.54 Å². The number of aryl methyl sites for hydroxylation is 1. The Hall–Kier alpha value is -2.37. The molecule has 0 saturated heterocycles. The second-order valence-corrected chi connectivity index (χ2v) is 5.16. The topological polar surface area (TPSA) is 95.5 Å². The molecule has 0 spiro atoms. The van der Waals surface area contributed by atoms with Crippen molar-refractivity contribution in [2.75, 3.05) is 5.32 Å². The van der Waals surface area contributed by atoms with Crippen molar-refractivity contribution in [2.24, 2.45) is 0 Å². The van der Waals surface area contributed by atoms with Crippen LogP contribution in [0.1, 0.15) is 32.3 Å². The highest BCUT2D eigenvalue weighted by atomic mass is 16.4. The molecular weight excluding hydrogens is 272 g/mol. The molecule has 3 N–H and O–H groups in total. The molecule has 0 aliphatic carbocycles. The van der Waals surface area contributed by atoms with Gasteiger partial charge in [0.2, 0.25) is 0 Å². The second kappa shape index (κ2) is 6.88. The van der Waals surface area contributed by atoms with E-state index in [2.05, 4.69) is 10.6 Å². The number of hydrogen-bond acceptors (Lipinski definition) is 3. The van der Waals surface area contributed by atoms with E-state index < -0.39 is 23.3 Å². The molecule has 0 aliphatic rings. The molecule has 1 atom stereocenters. The first-order chi connectivity index (χ1) is 9.78. The standard InChI is InChI=1S/C15H20N2O4/c1-4-9-15(3,14(20)21)17-13(19)12(18)16-11-7-5-10(2)6-8-11/h5-8H,4,9H2,1-3H3,(H,16,18)(H,17,19)(H,20,21). The fourth-order valence-corrected chi connectivity index (χ4v) is 1.85. The van der Waals surface area contributed by atoms with E-state index in [1.807, 2.05) is 6.92 Å². The van der Waals surface area contributed by atoms with E-state index in [-0.39, 0.29) is 6.42 Å². The third kappa shape index (κ3) is 4.59. The maximum absolute atomic E-state index is 11.8. The van der Waals surface area contributed by atoms with Crippen molar-refractivity contribution in [1.29, 1.82) is 0 Å². The number of carboxylic acid groups (broad SMARTS) is 1. The van der Waals surface area contributed by atoms with E-state index in [1.54, 1.807) is 31.2 Å². The third-order valence-electron chi connectivity index (χ3n) is 3.13. The van der Waals surface area contributed by atoms with Crippen LogP contribution in [0.15, 0.2) is 24.3 Å². The fourth-order valence-electron chi connectivity index (χ4n) is 1.85. The van der Waals surface area contributed by atoms with E-state index in [1.165, 1.54) is 6.92 Å². The number of benzene rings is 1. The number of carbonyl (C=O) groups excluding carboxylic acids is 2. The van der Waals surface area contributed by atoms with Gasteiger partial charge in [-0.3, -0.25) is 9.59 Å². The predicted molar refractivity (Wildman–Crippen MR) is 78.9 cm³/mol. The molecule has 0 saturated carbocycles. The van der Waals surface area contributed by atoms with E-state index >= 15 is 0 Å². The lowest BCUT2D eigenvalue weighted by Crippen LogP contribution is -2.54. The summed E-state index contributed by atoms with van der Waals surface area (Å²) in [5.41, 5.74) is 0.0586. The third-order valence-corrected chi connectivity index (χ3v) is 3.13. The lowest BCUT2D eigenvalue weighted by atomic mass is 9.96. The summed E-state index contributed by atoms with van der Waals surface area (Å²) in [6, 6.07) is 6.93. The highest BCUT2D eigenvalue weighted by Gasteiger charge is 2.35.